The molecule has 1 unspecified atom stereocenters. The van der Waals surface area contributed by atoms with Crippen LogP contribution in [0.3, 0.4) is 0 Å². The third-order valence-electron chi connectivity index (χ3n) is 2.84. The first-order chi connectivity index (χ1) is 8.97. The molecule has 0 radical (unpaired) electrons. The van der Waals surface area contributed by atoms with E-state index < -0.39 is 17.7 Å². The molecule has 0 saturated carbocycles. The van der Waals surface area contributed by atoms with Crippen LogP contribution in [0.25, 0.3) is 0 Å². The minimum atomic E-state index is -1.05. The summed E-state index contributed by atoms with van der Waals surface area (Å²) in [5.74, 6) is -0.914. The lowest BCUT2D eigenvalue weighted by atomic mass is 9.99. The van der Waals surface area contributed by atoms with Crippen LogP contribution in [0.15, 0.2) is 40.9 Å². The smallest absolute Gasteiger partial charge is 0.127 e. The summed E-state index contributed by atoms with van der Waals surface area (Å²) in [5, 5.41) is 10.0. The van der Waals surface area contributed by atoms with Crippen LogP contribution in [-0.4, -0.2) is 5.11 Å². The predicted molar refractivity (Wildman–Crippen MR) is 73.6 cm³/mol. The first-order valence-electron chi connectivity index (χ1n) is 5.64. The molecule has 0 amide bonds. The number of benzene rings is 2. The van der Waals surface area contributed by atoms with Gasteiger partial charge in [0.2, 0.25) is 0 Å². The Labute approximate surface area is 118 Å². The van der Waals surface area contributed by atoms with Crippen LogP contribution in [0.5, 0.6) is 0 Å². The van der Waals surface area contributed by atoms with Crippen LogP contribution in [0, 0.1) is 11.6 Å². The third kappa shape index (κ3) is 3.30. The van der Waals surface area contributed by atoms with Gasteiger partial charge in [0.1, 0.15) is 11.6 Å². The van der Waals surface area contributed by atoms with Crippen molar-refractivity contribution in [2.24, 2.45) is 0 Å². The van der Waals surface area contributed by atoms with Crippen molar-refractivity contribution in [2.45, 2.75) is 12.5 Å². The number of hydrogen-bond acceptors (Lipinski definition) is 2. The Kier molecular flexibility index (Phi) is 4.17. The van der Waals surface area contributed by atoms with E-state index in [4.69, 9.17) is 5.73 Å². The zero-order valence-electron chi connectivity index (χ0n) is 9.91. The monoisotopic (exact) mass is 327 g/mol. The number of nitrogen functional groups attached to an aromatic ring is 1. The number of aliphatic hydroxyl groups excluding tert-OH is 1. The van der Waals surface area contributed by atoms with E-state index >= 15 is 0 Å². The lowest BCUT2D eigenvalue weighted by Gasteiger charge is -2.14. The van der Waals surface area contributed by atoms with Crippen LogP contribution < -0.4 is 5.73 Å². The highest BCUT2D eigenvalue weighted by Gasteiger charge is 2.15. The molecule has 2 rings (SSSR count). The largest absolute Gasteiger partial charge is 0.398 e. The van der Waals surface area contributed by atoms with Crippen LogP contribution in [0.2, 0.25) is 0 Å². The summed E-state index contributed by atoms with van der Waals surface area (Å²) < 4.78 is 27.4. The number of rotatable bonds is 3. The Bertz CT molecular complexity index is 604. The molecule has 0 heterocycles. The van der Waals surface area contributed by atoms with Gasteiger partial charge in [0.05, 0.1) is 6.10 Å². The normalized spacial score (nSPS) is 12.4. The molecule has 0 aliphatic carbocycles. The number of anilines is 1. The van der Waals surface area contributed by atoms with Gasteiger partial charge in [0, 0.05) is 22.1 Å². The SMILES string of the molecule is Nc1ccc(F)cc1C(O)Cc1ccc(Br)cc1F. The average molecular weight is 328 g/mol. The fourth-order valence-electron chi connectivity index (χ4n) is 1.84. The van der Waals surface area contributed by atoms with Gasteiger partial charge in [-0.25, -0.2) is 8.78 Å². The molecule has 2 nitrogen and oxygen atoms in total. The van der Waals surface area contributed by atoms with E-state index in [-0.39, 0.29) is 17.7 Å². The number of aliphatic hydroxyl groups is 1. The van der Waals surface area contributed by atoms with Gasteiger partial charge in [-0.2, -0.15) is 0 Å². The maximum absolute atomic E-state index is 13.7. The predicted octanol–water partition coefficient (Wildman–Crippen LogP) is 3.59. The maximum atomic E-state index is 13.7. The second kappa shape index (κ2) is 5.67. The zero-order chi connectivity index (χ0) is 14.0. The molecule has 5 heteroatoms. The van der Waals surface area contributed by atoms with E-state index in [1.807, 2.05) is 0 Å². The average Bonchev–Trinajstić information content (AvgIpc) is 2.35. The van der Waals surface area contributed by atoms with E-state index in [9.17, 15) is 13.9 Å². The lowest BCUT2D eigenvalue weighted by Crippen LogP contribution is -2.07. The van der Waals surface area contributed by atoms with Gasteiger partial charge < -0.3 is 10.8 Å². The van der Waals surface area contributed by atoms with Gasteiger partial charge in [0.25, 0.3) is 0 Å². The van der Waals surface area contributed by atoms with Crippen molar-refractivity contribution >= 4 is 21.6 Å². The topological polar surface area (TPSA) is 46.2 Å². The molecule has 2 aromatic carbocycles. The highest BCUT2D eigenvalue weighted by atomic mass is 79.9. The molecule has 19 heavy (non-hydrogen) atoms. The van der Waals surface area contributed by atoms with Crippen molar-refractivity contribution in [1.29, 1.82) is 0 Å². The van der Waals surface area contributed by atoms with Gasteiger partial charge in [-0.15, -0.1) is 0 Å². The fourth-order valence-corrected chi connectivity index (χ4v) is 2.17. The first kappa shape index (κ1) is 14.0. The second-order valence-electron chi connectivity index (χ2n) is 4.23. The molecule has 100 valence electrons. The Morgan fingerprint density at radius 3 is 2.58 bits per heavy atom. The molecule has 0 spiro atoms. The Balaban J connectivity index is 2.25. The standard InChI is InChI=1S/C14H12BrF2NO/c15-9-2-1-8(12(17)6-9)5-14(19)11-7-10(16)3-4-13(11)18/h1-4,6-7,14,19H,5,18H2. The molecule has 1 atom stereocenters. The van der Waals surface area contributed by atoms with Crippen LogP contribution in [0.1, 0.15) is 17.2 Å². The molecule has 0 aliphatic rings. The number of nitrogens with two attached hydrogens (primary N) is 1. The first-order valence-corrected chi connectivity index (χ1v) is 6.43. The van der Waals surface area contributed by atoms with E-state index in [0.29, 0.717) is 10.0 Å². The lowest BCUT2D eigenvalue weighted by molar-refractivity contribution is 0.177. The minimum absolute atomic E-state index is 0.0345. The van der Waals surface area contributed by atoms with Crippen LogP contribution >= 0.6 is 15.9 Å². The molecule has 0 aromatic heterocycles. The van der Waals surface area contributed by atoms with Gasteiger partial charge >= 0.3 is 0 Å². The molecule has 3 N–H and O–H groups in total. The van der Waals surface area contributed by atoms with Crippen molar-refractivity contribution < 1.29 is 13.9 Å². The molecule has 2 aromatic rings. The van der Waals surface area contributed by atoms with Crippen molar-refractivity contribution in [1.82, 2.24) is 0 Å². The number of hydrogen-bond donors (Lipinski definition) is 2. The van der Waals surface area contributed by atoms with Crippen molar-refractivity contribution in [3.63, 3.8) is 0 Å². The third-order valence-corrected chi connectivity index (χ3v) is 3.33. The number of halogens is 3. The van der Waals surface area contributed by atoms with E-state index in [0.717, 1.165) is 6.07 Å². The molecule has 0 aliphatic heterocycles. The highest BCUT2D eigenvalue weighted by molar-refractivity contribution is 9.10. The van der Waals surface area contributed by atoms with Crippen LogP contribution in [0.4, 0.5) is 14.5 Å². The zero-order valence-corrected chi connectivity index (χ0v) is 11.5. The van der Waals surface area contributed by atoms with Crippen molar-refractivity contribution in [3.05, 3.63) is 63.6 Å². The van der Waals surface area contributed by atoms with Gasteiger partial charge in [-0.3, -0.25) is 0 Å². The Hall–Kier alpha value is -1.46. The van der Waals surface area contributed by atoms with Gasteiger partial charge in [-0.05, 0) is 35.9 Å². The molecular weight excluding hydrogens is 316 g/mol. The summed E-state index contributed by atoms with van der Waals surface area (Å²) in [6.45, 7) is 0. The van der Waals surface area contributed by atoms with Crippen molar-refractivity contribution in [3.8, 4) is 0 Å². The minimum Gasteiger partial charge on any atom is -0.398 e. The summed E-state index contributed by atoms with van der Waals surface area (Å²) >= 11 is 3.16. The van der Waals surface area contributed by atoms with E-state index in [1.54, 1.807) is 12.1 Å². The summed E-state index contributed by atoms with van der Waals surface area (Å²) in [6, 6.07) is 8.32. The fraction of sp³-hybridized carbons (Fsp3) is 0.143. The van der Waals surface area contributed by atoms with E-state index in [1.165, 1.54) is 18.2 Å². The second-order valence-corrected chi connectivity index (χ2v) is 5.14. The highest BCUT2D eigenvalue weighted by Crippen LogP contribution is 2.26. The molecule has 0 bridgehead atoms. The molecular formula is C14H12BrF2NO. The Morgan fingerprint density at radius 2 is 1.89 bits per heavy atom. The van der Waals surface area contributed by atoms with Gasteiger partial charge in [-0.1, -0.05) is 22.0 Å². The molecule has 0 saturated heterocycles. The summed E-state index contributed by atoms with van der Waals surface area (Å²) in [5.41, 5.74) is 6.57. The quantitative estimate of drug-likeness (QED) is 0.846. The maximum Gasteiger partial charge on any atom is 0.127 e. The summed E-state index contributed by atoms with van der Waals surface area (Å²) in [7, 11) is 0. The van der Waals surface area contributed by atoms with Crippen LogP contribution in [-0.2, 0) is 6.42 Å². The van der Waals surface area contributed by atoms with Crippen molar-refractivity contribution in [2.75, 3.05) is 5.73 Å². The summed E-state index contributed by atoms with van der Waals surface area (Å²) in [4.78, 5) is 0. The Morgan fingerprint density at radius 1 is 1.16 bits per heavy atom. The summed E-state index contributed by atoms with van der Waals surface area (Å²) in [6.07, 6.45) is -1.02. The molecule has 0 fully saturated rings. The van der Waals surface area contributed by atoms with E-state index in [2.05, 4.69) is 15.9 Å². The van der Waals surface area contributed by atoms with Gasteiger partial charge in [0.15, 0.2) is 0 Å².